The Kier molecular flexibility index (Phi) is 7.49. The van der Waals surface area contributed by atoms with Gasteiger partial charge in [-0.15, -0.1) is 0 Å². The number of carbonyl (C=O) groups is 2. The highest BCUT2D eigenvalue weighted by molar-refractivity contribution is 5.83. The van der Waals surface area contributed by atoms with Gasteiger partial charge in [-0.2, -0.15) is 0 Å². The zero-order chi connectivity index (χ0) is 19.0. The van der Waals surface area contributed by atoms with Gasteiger partial charge in [-0.1, -0.05) is 49.6 Å². The van der Waals surface area contributed by atoms with Crippen LogP contribution in [0, 0.1) is 0 Å². The second-order valence-electron chi connectivity index (χ2n) is 7.89. The SMILES string of the molecule is CC(C)(C)OC(=O)NC(C(=O)OC1CCCCCCC1)c1ccccc1. The Morgan fingerprint density at radius 2 is 1.58 bits per heavy atom. The van der Waals surface area contributed by atoms with E-state index in [-0.39, 0.29) is 6.10 Å². The van der Waals surface area contributed by atoms with E-state index in [1.54, 1.807) is 32.9 Å². The first-order valence-electron chi connectivity index (χ1n) is 9.60. The quantitative estimate of drug-likeness (QED) is 0.774. The van der Waals surface area contributed by atoms with Crippen molar-refractivity contribution in [2.45, 2.75) is 83.5 Å². The standard InChI is InChI=1S/C21H31NO4/c1-21(2,3)26-20(24)22-18(16-12-8-7-9-13-16)19(23)25-17-14-10-5-4-6-11-15-17/h7-9,12-13,17-18H,4-6,10-11,14-15H2,1-3H3,(H,22,24). The molecule has 5 heteroatoms. The number of nitrogens with one attached hydrogen (secondary N) is 1. The van der Waals surface area contributed by atoms with E-state index >= 15 is 0 Å². The van der Waals surface area contributed by atoms with E-state index in [4.69, 9.17) is 9.47 Å². The summed E-state index contributed by atoms with van der Waals surface area (Å²) in [7, 11) is 0. The van der Waals surface area contributed by atoms with Crippen molar-refractivity contribution >= 4 is 12.1 Å². The molecule has 1 aliphatic carbocycles. The summed E-state index contributed by atoms with van der Waals surface area (Å²) < 4.78 is 11.1. The van der Waals surface area contributed by atoms with Gasteiger partial charge in [-0.25, -0.2) is 9.59 Å². The molecule has 0 spiro atoms. The van der Waals surface area contributed by atoms with Gasteiger partial charge in [0.1, 0.15) is 11.7 Å². The molecule has 2 rings (SSSR count). The average molecular weight is 361 g/mol. The van der Waals surface area contributed by atoms with Crippen molar-refractivity contribution in [1.82, 2.24) is 5.32 Å². The highest BCUT2D eigenvalue weighted by atomic mass is 16.6. The number of rotatable bonds is 4. The Labute approximate surface area is 156 Å². The molecule has 1 unspecified atom stereocenters. The van der Waals surface area contributed by atoms with Crippen molar-refractivity contribution in [2.75, 3.05) is 0 Å². The highest BCUT2D eigenvalue weighted by Crippen LogP contribution is 2.23. The summed E-state index contributed by atoms with van der Waals surface area (Å²) in [4.78, 5) is 25.0. The summed E-state index contributed by atoms with van der Waals surface area (Å²) in [5, 5.41) is 2.67. The molecule has 0 radical (unpaired) electrons. The molecule has 0 aromatic heterocycles. The molecule has 0 saturated heterocycles. The van der Waals surface area contributed by atoms with Crippen molar-refractivity contribution < 1.29 is 19.1 Å². The zero-order valence-electron chi connectivity index (χ0n) is 16.1. The zero-order valence-corrected chi connectivity index (χ0v) is 16.1. The van der Waals surface area contributed by atoms with Crippen LogP contribution in [-0.4, -0.2) is 23.8 Å². The third kappa shape index (κ3) is 7.06. The maximum atomic E-state index is 12.8. The fourth-order valence-electron chi connectivity index (χ4n) is 3.12. The van der Waals surface area contributed by atoms with Crippen LogP contribution < -0.4 is 5.32 Å². The predicted octanol–water partition coefficient (Wildman–Crippen LogP) is 4.91. The van der Waals surface area contributed by atoms with Gasteiger partial charge in [0.2, 0.25) is 0 Å². The highest BCUT2D eigenvalue weighted by Gasteiger charge is 2.29. The van der Waals surface area contributed by atoms with Crippen LogP contribution in [-0.2, 0) is 14.3 Å². The number of carbonyl (C=O) groups excluding carboxylic acids is 2. The fraction of sp³-hybridized carbons (Fsp3) is 0.619. The minimum absolute atomic E-state index is 0.0746. The summed E-state index contributed by atoms with van der Waals surface area (Å²) in [5.41, 5.74) is 0.0589. The molecular weight excluding hydrogens is 330 g/mol. The molecule has 1 atom stereocenters. The van der Waals surface area contributed by atoms with E-state index in [0.717, 1.165) is 25.7 Å². The molecule has 1 aromatic rings. The second-order valence-corrected chi connectivity index (χ2v) is 7.89. The summed E-state index contributed by atoms with van der Waals surface area (Å²) in [6.07, 6.45) is 6.86. The third-order valence-corrected chi connectivity index (χ3v) is 4.36. The van der Waals surface area contributed by atoms with Gasteiger partial charge in [0.15, 0.2) is 6.04 Å². The number of ether oxygens (including phenoxy) is 2. The Morgan fingerprint density at radius 1 is 1.00 bits per heavy atom. The molecule has 1 fully saturated rings. The van der Waals surface area contributed by atoms with Gasteiger partial charge in [-0.05, 0) is 52.0 Å². The van der Waals surface area contributed by atoms with E-state index in [0.29, 0.717) is 5.56 Å². The Balaban J connectivity index is 2.07. The van der Waals surface area contributed by atoms with E-state index < -0.39 is 23.7 Å². The predicted molar refractivity (Wildman–Crippen MR) is 101 cm³/mol. The fourth-order valence-corrected chi connectivity index (χ4v) is 3.12. The lowest BCUT2D eigenvalue weighted by Gasteiger charge is -2.25. The molecule has 1 N–H and O–H groups in total. The van der Waals surface area contributed by atoms with E-state index in [2.05, 4.69) is 5.32 Å². The maximum Gasteiger partial charge on any atom is 0.408 e. The van der Waals surface area contributed by atoms with E-state index in [1.165, 1.54) is 19.3 Å². The van der Waals surface area contributed by atoms with Crippen molar-refractivity contribution in [1.29, 1.82) is 0 Å². The maximum absolute atomic E-state index is 12.8. The first-order chi connectivity index (χ1) is 12.3. The van der Waals surface area contributed by atoms with Crippen LogP contribution in [0.5, 0.6) is 0 Å². The van der Waals surface area contributed by atoms with Gasteiger partial charge in [0.25, 0.3) is 0 Å². The van der Waals surface area contributed by atoms with E-state index in [1.807, 2.05) is 18.2 Å². The third-order valence-electron chi connectivity index (χ3n) is 4.36. The molecule has 0 aliphatic heterocycles. The molecule has 0 heterocycles. The topological polar surface area (TPSA) is 64.6 Å². The summed E-state index contributed by atoms with van der Waals surface area (Å²) >= 11 is 0. The van der Waals surface area contributed by atoms with Gasteiger partial charge >= 0.3 is 12.1 Å². The van der Waals surface area contributed by atoms with Gasteiger partial charge in [0.05, 0.1) is 0 Å². The Bertz CT molecular complexity index is 571. The first kappa shape index (κ1) is 20.3. The molecule has 26 heavy (non-hydrogen) atoms. The minimum Gasteiger partial charge on any atom is -0.461 e. The number of amides is 1. The van der Waals surface area contributed by atoms with Crippen LogP contribution in [0.3, 0.4) is 0 Å². The molecule has 1 aromatic carbocycles. The van der Waals surface area contributed by atoms with Crippen LogP contribution in [0.1, 0.15) is 77.3 Å². The molecule has 1 aliphatic rings. The summed E-state index contributed by atoms with van der Waals surface area (Å²) in [5.74, 6) is -0.423. The summed E-state index contributed by atoms with van der Waals surface area (Å²) in [6.45, 7) is 5.37. The summed E-state index contributed by atoms with van der Waals surface area (Å²) in [6, 6.07) is 8.29. The minimum atomic E-state index is -0.864. The number of hydrogen-bond acceptors (Lipinski definition) is 4. The smallest absolute Gasteiger partial charge is 0.408 e. The number of alkyl carbamates (subject to hydrolysis) is 1. The molecule has 144 valence electrons. The van der Waals surface area contributed by atoms with Crippen molar-refractivity contribution in [2.24, 2.45) is 0 Å². The number of esters is 1. The van der Waals surface area contributed by atoms with Gasteiger partial charge in [0, 0.05) is 0 Å². The van der Waals surface area contributed by atoms with Crippen LogP contribution in [0.25, 0.3) is 0 Å². The average Bonchev–Trinajstić information content (AvgIpc) is 2.54. The van der Waals surface area contributed by atoms with Gasteiger partial charge in [-0.3, -0.25) is 0 Å². The Hall–Kier alpha value is -2.04. The lowest BCUT2D eigenvalue weighted by atomic mass is 9.98. The molecule has 1 amide bonds. The Morgan fingerprint density at radius 3 is 2.15 bits per heavy atom. The van der Waals surface area contributed by atoms with Crippen molar-refractivity contribution in [3.63, 3.8) is 0 Å². The van der Waals surface area contributed by atoms with Crippen molar-refractivity contribution in [3.05, 3.63) is 35.9 Å². The lowest BCUT2D eigenvalue weighted by molar-refractivity contribution is -0.152. The monoisotopic (exact) mass is 361 g/mol. The van der Waals surface area contributed by atoms with Crippen LogP contribution in [0.2, 0.25) is 0 Å². The van der Waals surface area contributed by atoms with Crippen LogP contribution in [0.4, 0.5) is 4.79 Å². The number of benzene rings is 1. The molecule has 1 saturated carbocycles. The lowest BCUT2D eigenvalue weighted by Crippen LogP contribution is -2.39. The molecular formula is C21H31NO4. The van der Waals surface area contributed by atoms with Gasteiger partial charge < -0.3 is 14.8 Å². The molecule has 5 nitrogen and oxygen atoms in total. The van der Waals surface area contributed by atoms with Crippen LogP contribution >= 0.6 is 0 Å². The second kappa shape index (κ2) is 9.60. The van der Waals surface area contributed by atoms with E-state index in [9.17, 15) is 9.59 Å². The number of hydrogen-bond donors (Lipinski definition) is 1. The largest absolute Gasteiger partial charge is 0.461 e. The molecule has 0 bridgehead atoms. The normalized spacial score (nSPS) is 17.5. The van der Waals surface area contributed by atoms with Crippen molar-refractivity contribution in [3.8, 4) is 0 Å². The first-order valence-corrected chi connectivity index (χ1v) is 9.60. The van der Waals surface area contributed by atoms with Crippen LogP contribution in [0.15, 0.2) is 30.3 Å².